The van der Waals surface area contributed by atoms with Crippen LogP contribution in [0.15, 0.2) is 22.7 Å². The van der Waals surface area contributed by atoms with Gasteiger partial charge in [-0.15, -0.1) is 0 Å². The minimum atomic E-state index is 0.0839. The van der Waals surface area contributed by atoms with Gasteiger partial charge in [0.1, 0.15) is 18.7 Å². The number of rotatable bonds is 0. The Hall–Kier alpha value is -0.580. The predicted molar refractivity (Wildman–Crippen MR) is 75.9 cm³/mol. The van der Waals surface area contributed by atoms with Gasteiger partial charge in [0.25, 0.3) is 0 Å². The average Bonchev–Trinajstić information content (AvgIpc) is 2.45. The lowest BCUT2D eigenvalue weighted by molar-refractivity contribution is -0.203. The summed E-state index contributed by atoms with van der Waals surface area (Å²) in [7, 11) is 0. The van der Waals surface area contributed by atoms with Gasteiger partial charge in [0, 0.05) is 16.6 Å². The maximum Gasteiger partial charge on any atom is 0.144 e. The van der Waals surface area contributed by atoms with Crippen LogP contribution in [-0.4, -0.2) is 24.3 Å². The first-order chi connectivity index (χ1) is 9.31. The number of ether oxygens (including phenoxy) is 2. The smallest absolute Gasteiger partial charge is 0.144 e. The fourth-order valence-electron chi connectivity index (χ4n) is 3.60. The van der Waals surface area contributed by atoms with E-state index in [1.165, 1.54) is 31.2 Å². The third-order valence-electron chi connectivity index (χ3n) is 4.57. The molecule has 1 aromatic carbocycles. The molecule has 1 aromatic rings. The molecule has 0 spiro atoms. The van der Waals surface area contributed by atoms with Gasteiger partial charge in [-0.25, -0.2) is 4.90 Å². The van der Waals surface area contributed by atoms with Crippen molar-refractivity contribution in [3.05, 3.63) is 28.2 Å². The van der Waals surface area contributed by atoms with E-state index in [1.807, 2.05) is 12.1 Å². The Morgan fingerprint density at radius 2 is 2.11 bits per heavy atom. The number of nitrogens with zero attached hydrogens (tertiary/aromatic N) is 1. The molecule has 4 heteroatoms. The molecule has 3 aliphatic rings. The summed E-state index contributed by atoms with van der Waals surface area (Å²) in [6, 6.07) is 6.20. The quantitative estimate of drug-likeness (QED) is 0.726. The molecule has 19 heavy (non-hydrogen) atoms. The lowest BCUT2D eigenvalue weighted by atomic mass is 9.84. The van der Waals surface area contributed by atoms with Gasteiger partial charge in [0.2, 0.25) is 0 Å². The largest absolute Gasteiger partial charge is 0.478 e. The average molecular weight is 324 g/mol. The molecule has 102 valence electrons. The summed E-state index contributed by atoms with van der Waals surface area (Å²) >= 11 is 3.55. The van der Waals surface area contributed by atoms with Crippen LogP contribution < -0.4 is 4.74 Å². The fraction of sp³-hybridized carbons (Fsp3) is 0.600. The van der Waals surface area contributed by atoms with Crippen LogP contribution in [0.4, 0.5) is 0 Å². The minimum absolute atomic E-state index is 0.0839. The molecule has 2 fully saturated rings. The Balaban J connectivity index is 1.66. The molecule has 3 atom stereocenters. The molecule has 0 N–H and O–H groups in total. The maximum absolute atomic E-state index is 6.40. The fourth-order valence-corrected chi connectivity index (χ4v) is 3.98. The van der Waals surface area contributed by atoms with Gasteiger partial charge in [-0.2, -0.15) is 0 Å². The molecule has 3 nitrogen and oxygen atoms in total. The van der Waals surface area contributed by atoms with Crippen molar-refractivity contribution >= 4 is 15.9 Å². The van der Waals surface area contributed by atoms with Crippen molar-refractivity contribution in [2.45, 2.75) is 38.0 Å². The summed E-state index contributed by atoms with van der Waals surface area (Å²) in [6.45, 7) is 1.77. The maximum atomic E-state index is 6.40. The Bertz CT molecular complexity index is 493. The molecular weight excluding hydrogens is 306 g/mol. The molecule has 2 aliphatic heterocycles. The first-order valence-electron chi connectivity index (χ1n) is 7.13. The van der Waals surface area contributed by atoms with E-state index in [9.17, 15) is 0 Å². The number of benzene rings is 1. The summed E-state index contributed by atoms with van der Waals surface area (Å²) in [5.74, 6) is 1.67. The van der Waals surface area contributed by atoms with E-state index >= 15 is 0 Å². The second-order valence-corrected chi connectivity index (χ2v) is 6.71. The summed E-state index contributed by atoms with van der Waals surface area (Å²) in [5.41, 5.74) is 1.17. The number of hydrogen-bond acceptors (Lipinski definition) is 3. The Labute approximate surface area is 122 Å². The van der Waals surface area contributed by atoms with E-state index in [0.717, 1.165) is 16.8 Å². The van der Waals surface area contributed by atoms with Crippen LogP contribution >= 0.6 is 15.9 Å². The second-order valence-electron chi connectivity index (χ2n) is 5.80. The van der Waals surface area contributed by atoms with Gasteiger partial charge in [-0.05, 0) is 37.0 Å². The number of hydrogen-bond donors (Lipinski definition) is 0. The van der Waals surface area contributed by atoms with Crippen LogP contribution in [0.1, 0.15) is 37.5 Å². The van der Waals surface area contributed by atoms with Crippen LogP contribution in [0.25, 0.3) is 0 Å². The molecule has 0 amide bonds. The van der Waals surface area contributed by atoms with Crippen molar-refractivity contribution in [3.63, 3.8) is 0 Å². The van der Waals surface area contributed by atoms with Crippen LogP contribution in [0.2, 0.25) is 0 Å². The molecule has 4 rings (SSSR count). The Morgan fingerprint density at radius 1 is 1.21 bits per heavy atom. The highest BCUT2D eigenvalue weighted by Gasteiger charge is 2.41. The van der Waals surface area contributed by atoms with Crippen molar-refractivity contribution in [2.75, 3.05) is 13.3 Å². The first kappa shape index (κ1) is 12.2. The standard InChI is InChI=1S/C15H18BrNO2/c16-11-5-6-14-12(7-11)15-17(9-18-14)8-10-3-1-2-4-13(10)19-15/h5-7,10,13,15H,1-4,8-9H2/t10-,13+,15-/m1/s1. The zero-order valence-electron chi connectivity index (χ0n) is 10.8. The highest BCUT2D eigenvalue weighted by Crippen LogP contribution is 2.43. The van der Waals surface area contributed by atoms with Crippen molar-refractivity contribution in [1.82, 2.24) is 4.90 Å². The van der Waals surface area contributed by atoms with Crippen molar-refractivity contribution in [2.24, 2.45) is 5.92 Å². The van der Waals surface area contributed by atoms with Gasteiger partial charge in [-0.3, -0.25) is 0 Å². The highest BCUT2D eigenvalue weighted by atomic mass is 79.9. The monoisotopic (exact) mass is 323 g/mol. The van der Waals surface area contributed by atoms with E-state index < -0.39 is 0 Å². The molecular formula is C15H18BrNO2. The third-order valence-corrected chi connectivity index (χ3v) is 5.06. The van der Waals surface area contributed by atoms with E-state index in [-0.39, 0.29) is 6.23 Å². The van der Waals surface area contributed by atoms with Crippen molar-refractivity contribution in [3.8, 4) is 5.75 Å². The SMILES string of the molecule is Brc1ccc2c(c1)[C@H]1O[C@H]3CCCC[C@@H]3CN1CO2. The van der Waals surface area contributed by atoms with E-state index in [4.69, 9.17) is 9.47 Å². The molecule has 2 heterocycles. The van der Waals surface area contributed by atoms with Gasteiger partial charge in [-0.1, -0.05) is 28.8 Å². The lowest BCUT2D eigenvalue weighted by Gasteiger charge is -2.48. The van der Waals surface area contributed by atoms with Crippen LogP contribution in [0, 0.1) is 5.92 Å². The van der Waals surface area contributed by atoms with Crippen molar-refractivity contribution in [1.29, 1.82) is 0 Å². The highest BCUT2D eigenvalue weighted by molar-refractivity contribution is 9.10. The predicted octanol–water partition coefficient (Wildman–Crippen LogP) is 3.69. The van der Waals surface area contributed by atoms with Gasteiger partial charge in [0.15, 0.2) is 0 Å². The van der Waals surface area contributed by atoms with Crippen molar-refractivity contribution < 1.29 is 9.47 Å². The van der Waals surface area contributed by atoms with Gasteiger partial charge in [0.05, 0.1) is 6.10 Å². The first-order valence-corrected chi connectivity index (χ1v) is 7.92. The molecule has 1 saturated heterocycles. The summed E-state index contributed by atoms with van der Waals surface area (Å²) in [6.07, 6.45) is 5.72. The molecule has 0 aromatic heterocycles. The van der Waals surface area contributed by atoms with Crippen LogP contribution in [-0.2, 0) is 4.74 Å². The molecule has 1 aliphatic carbocycles. The normalized spacial score (nSPS) is 33.8. The van der Waals surface area contributed by atoms with E-state index in [1.54, 1.807) is 0 Å². The lowest BCUT2D eigenvalue weighted by Crippen LogP contribution is -2.50. The Morgan fingerprint density at radius 3 is 3.05 bits per heavy atom. The molecule has 0 radical (unpaired) electrons. The third kappa shape index (κ3) is 2.10. The number of halogens is 1. The minimum Gasteiger partial charge on any atom is -0.478 e. The van der Waals surface area contributed by atoms with Crippen LogP contribution in [0.3, 0.4) is 0 Å². The second kappa shape index (κ2) is 4.76. The van der Waals surface area contributed by atoms with Gasteiger partial charge < -0.3 is 9.47 Å². The summed E-state index contributed by atoms with van der Waals surface area (Å²) in [5, 5.41) is 0. The Kier molecular flexibility index (Phi) is 3.05. The summed E-state index contributed by atoms with van der Waals surface area (Å²) in [4.78, 5) is 2.33. The van der Waals surface area contributed by atoms with Crippen LogP contribution in [0.5, 0.6) is 5.75 Å². The van der Waals surface area contributed by atoms with E-state index in [0.29, 0.717) is 18.8 Å². The molecule has 0 bridgehead atoms. The summed E-state index contributed by atoms with van der Waals surface area (Å²) < 4.78 is 13.3. The van der Waals surface area contributed by atoms with Gasteiger partial charge >= 0.3 is 0 Å². The van der Waals surface area contributed by atoms with E-state index in [2.05, 4.69) is 26.9 Å². The number of fused-ring (bicyclic) bond motifs is 4. The zero-order valence-corrected chi connectivity index (χ0v) is 12.4. The molecule has 0 unspecified atom stereocenters. The molecule has 1 saturated carbocycles. The zero-order chi connectivity index (χ0) is 12.8. The topological polar surface area (TPSA) is 21.7 Å².